The van der Waals surface area contributed by atoms with Gasteiger partial charge in [-0.15, -0.1) is 0 Å². The van der Waals surface area contributed by atoms with Gasteiger partial charge in [-0.25, -0.2) is 0 Å². The van der Waals surface area contributed by atoms with Gasteiger partial charge in [-0.3, -0.25) is 0 Å². The minimum absolute atomic E-state index is 0.344. The Balaban J connectivity index is 1.69. The molecule has 2 N–H and O–H groups in total. The molecule has 7 nitrogen and oxygen atoms in total. The maximum atomic E-state index is 9.22. The Labute approximate surface area is 198 Å². The van der Waals surface area contributed by atoms with Gasteiger partial charge in [0.1, 0.15) is 11.6 Å². The monoisotopic (exact) mass is 446 g/mol. The SMILES string of the molecule is Cc1ccc(Nc2nc(Nc3ccc(C#N)cc3)cc(Oc3c(C)cc(C#N)cc3C)n2)cc1. The van der Waals surface area contributed by atoms with Crippen LogP contribution in [0.25, 0.3) is 0 Å². The Kier molecular flexibility index (Phi) is 6.38. The van der Waals surface area contributed by atoms with Gasteiger partial charge in [-0.05, 0) is 80.4 Å². The van der Waals surface area contributed by atoms with Gasteiger partial charge in [0.05, 0.1) is 23.3 Å². The summed E-state index contributed by atoms with van der Waals surface area (Å²) in [5, 5.41) is 24.7. The summed E-state index contributed by atoms with van der Waals surface area (Å²) in [6.45, 7) is 5.81. The molecule has 0 spiro atoms. The van der Waals surface area contributed by atoms with Crippen LogP contribution in [0.2, 0.25) is 0 Å². The third kappa shape index (κ3) is 5.29. The predicted octanol–water partition coefficient (Wildman–Crippen LogP) is 6.42. The van der Waals surface area contributed by atoms with Gasteiger partial charge < -0.3 is 15.4 Å². The molecule has 0 aliphatic carbocycles. The fourth-order valence-corrected chi connectivity index (χ4v) is 3.42. The van der Waals surface area contributed by atoms with Crippen LogP contribution in [0.3, 0.4) is 0 Å². The van der Waals surface area contributed by atoms with Gasteiger partial charge in [0, 0.05) is 17.4 Å². The lowest BCUT2D eigenvalue weighted by Crippen LogP contribution is -2.03. The van der Waals surface area contributed by atoms with Crippen molar-refractivity contribution in [3.05, 3.63) is 94.5 Å². The lowest BCUT2D eigenvalue weighted by atomic mass is 10.1. The summed E-state index contributed by atoms with van der Waals surface area (Å²) in [7, 11) is 0. The van der Waals surface area contributed by atoms with Crippen LogP contribution in [0.15, 0.2) is 66.7 Å². The second-order valence-electron chi connectivity index (χ2n) is 7.87. The summed E-state index contributed by atoms with van der Waals surface area (Å²) >= 11 is 0. The summed E-state index contributed by atoms with van der Waals surface area (Å²) in [5.74, 6) is 1.87. The number of nitrogens with zero attached hydrogens (tertiary/aromatic N) is 4. The number of nitriles is 2. The van der Waals surface area contributed by atoms with Crippen molar-refractivity contribution in [1.29, 1.82) is 10.5 Å². The molecule has 7 heteroatoms. The Bertz CT molecular complexity index is 1390. The zero-order chi connectivity index (χ0) is 24.1. The standard InChI is InChI=1S/C27H22N6O/c1-17-4-8-23(9-5-17)31-27-32-24(30-22-10-6-20(15-28)7-11-22)14-25(33-27)34-26-18(2)12-21(16-29)13-19(26)3/h4-14H,1-3H3,(H2,30,31,32,33). The first-order valence-corrected chi connectivity index (χ1v) is 10.6. The van der Waals surface area contributed by atoms with Gasteiger partial charge in [0.2, 0.25) is 11.8 Å². The van der Waals surface area contributed by atoms with E-state index in [1.165, 1.54) is 0 Å². The number of rotatable bonds is 6. The van der Waals surface area contributed by atoms with E-state index in [1.54, 1.807) is 30.3 Å². The zero-order valence-electron chi connectivity index (χ0n) is 19.0. The van der Waals surface area contributed by atoms with Gasteiger partial charge in [-0.2, -0.15) is 20.5 Å². The summed E-state index contributed by atoms with van der Waals surface area (Å²) < 4.78 is 6.17. The highest BCUT2D eigenvalue weighted by Gasteiger charge is 2.12. The number of hydrogen-bond donors (Lipinski definition) is 2. The van der Waals surface area contributed by atoms with Crippen LogP contribution in [0, 0.1) is 43.4 Å². The van der Waals surface area contributed by atoms with Crippen LogP contribution in [0.5, 0.6) is 11.6 Å². The minimum atomic E-state index is 0.344. The third-order valence-corrected chi connectivity index (χ3v) is 5.09. The molecule has 0 saturated carbocycles. The van der Waals surface area contributed by atoms with Crippen molar-refractivity contribution in [3.8, 4) is 23.8 Å². The second kappa shape index (κ2) is 9.72. The maximum absolute atomic E-state index is 9.22. The van der Waals surface area contributed by atoms with E-state index < -0.39 is 0 Å². The van der Waals surface area contributed by atoms with E-state index in [1.807, 2.05) is 57.2 Å². The lowest BCUT2D eigenvalue weighted by Gasteiger charge is -2.14. The van der Waals surface area contributed by atoms with E-state index in [4.69, 9.17) is 10.00 Å². The van der Waals surface area contributed by atoms with Crippen molar-refractivity contribution in [2.45, 2.75) is 20.8 Å². The topological polar surface area (TPSA) is 107 Å². The van der Waals surface area contributed by atoms with Gasteiger partial charge >= 0.3 is 0 Å². The molecule has 0 unspecified atom stereocenters. The van der Waals surface area contributed by atoms with E-state index >= 15 is 0 Å². The number of hydrogen-bond acceptors (Lipinski definition) is 7. The van der Waals surface area contributed by atoms with E-state index in [0.29, 0.717) is 34.5 Å². The maximum Gasteiger partial charge on any atom is 0.232 e. The summed E-state index contributed by atoms with van der Waals surface area (Å²) in [6, 6.07) is 24.5. The first-order valence-electron chi connectivity index (χ1n) is 10.6. The van der Waals surface area contributed by atoms with Crippen molar-refractivity contribution >= 4 is 23.1 Å². The molecule has 1 heterocycles. The molecule has 0 fully saturated rings. The highest BCUT2D eigenvalue weighted by molar-refractivity contribution is 5.62. The number of benzene rings is 3. The smallest absolute Gasteiger partial charge is 0.232 e. The van der Waals surface area contributed by atoms with Crippen molar-refractivity contribution < 1.29 is 4.74 Å². The first-order chi connectivity index (χ1) is 16.4. The molecule has 0 aliphatic rings. The highest BCUT2D eigenvalue weighted by Crippen LogP contribution is 2.31. The van der Waals surface area contributed by atoms with Crippen LogP contribution in [-0.4, -0.2) is 9.97 Å². The molecule has 0 aliphatic heterocycles. The molecular formula is C27H22N6O. The van der Waals surface area contributed by atoms with Gasteiger partial charge in [0.25, 0.3) is 0 Å². The average Bonchev–Trinajstić information content (AvgIpc) is 2.83. The average molecular weight is 447 g/mol. The van der Waals surface area contributed by atoms with E-state index in [-0.39, 0.29) is 0 Å². The second-order valence-corrected chi connectivity index (χ2v) is 7.87. The van der Waals surface area contributed by atoms with E-state index in [2.05, 4.69) is 32.7 Å². The van der Waals surface area contributed by atoms with Gasteiger partial charge in [-0.1, -0.05) is 17.7 Å². The molecule has 1 aromatic heterocycles. The minimum Gasteiger partial charge on any atom is -0.438 e. The fraction of sp³-hybridized carbons (Fsp3) is 0.111. The summed E-state index contributed by atoms with van der Waals surface area (Å²) in [4.78, 5) is 9.13. The van der Waals surface area contributed by atoms with E-state index in [9.17, 15) is 5.26 Å². The molecule has 4 aromatic rings. The zero-order valence-corrected chi connectivity index (χ0v) is 19.0. The lowest BCUT2D eigenvalue weighted by molar-refractivity contribution is 0.456. The molecule has 0 radical (unpaired) electrons. The molecule has 0 atom stereocenters. The Morgan fingerprint density at radius 2 is 1.29 bits per heavy atom. The molecule has 0 bridgehead atoms. The van der Waals surface area contributed by atoms with Crippen molar-refractivity contribution in [1.82, 2.24) is 9.97 Å². The molecule has 0 amide bonds. The normalized spacial score (nSPS) is 10.1. The van der Waals surface area contributed by atoms with Crippen LogP contribution in [0.1, 0.15) is 27.8 Å². The summed E-state index contributed by atoms with van der Waals surface area (Å²) in [6.07, 6.45) is 0. The van der Waals surface area contributed by atoms with Crippen molar-refractivity contribution in [2.75, 3.05) is 10.6 Å². The van der Waals surface area contributed by atoms with Crippen LogP contribution < -0.4 is 15.4 Å². The molecule has 3 aromatic carbocycles. The fourth-order valence-electron chi connectivity index (χ4n) is 3.42. The first kappa shape index (κ1) is 22.3. The number of ether oxygens (including phenoxy) is 1. The van der Waals surface area contributed by atoms with E-state index in [0.717, 1.165) is 28.1 Å². The van der Waals surface area contributed by atoms with Crippen molar-refractivity contribution in [3.63, 3.8) is 0 Å². The molecule has 4 rings (SSSR count). The Morgan fingerprint density at radius 1 is 0.706 bits per heavy atom. The van der Waals surface area contributed by atoms with Crippen LogP contribution >= 0.6 is 0 Å². The Morgan fingerprint density at radius 3 is 1.91 bits per heavy atom. The van der Waals surface area contributed by atoms with Crippen LogP contribution in [-0.2, 0) is 0 Å². The number of anilines is 4. The number of aromatic nitrogens is 2. The van der Waals surface area contributed by atoms with Gasteiger partial charge in [0.15, 0.2) is 0 Å². The predicted molar refractivity (Wildman–Crippen MR) is 132 cm³/mol. The van der Waals surface area contributed by atoms with Crippen molar-refractivity contribution in [2.24, 2.45) is 0 Å². The quantitative estimate of drug-likeness (QED) is 0.352. The molecular weight excluding hydrogens is 424 g/mol. The molecule has 166 valence electrons. The third-order valence-electron chi connectivity index (χ3n) is 5.09. The van der Waals surface area contributed by atoms with Crippen LogP contribution in [0.4, 0.5) is 23.1 Å². The number of nitrogens with one attached hydrogen (secondary N) is 2. The summed E-state index contributed by atoms with van der Waals surface area (Å²) in [5.41, 5.74) is 5.60. The Hall–Kier alpha value is -4.88. The highest BCUT2D eigenvalue weighted by atomic mass is 16.5. The molecule has 0 saturated heterocycles. The number of aryl methyl sites for hydroxylation is 3. The molecule has 34 heavy (non-hydrogen) atoms. The largest absolute Gasteiger partial charge is 0.438 e.